The highest BCUT2D eigenvalue weighted by Gasteiger charge is 2.08. The van der Waals surface area contributed by atoms with Crippen LogP contribution in [0.3, 0.4) is 0 Å². The Bertz CT molecular complexity index is 707. The third kappa shape index (κ3) is 3.59. The van der Waals surface area contributed by atoms with E-state index in [1.165, 1.54) is 6.07 Å². The fraction of sp³-hybridized carbons (Fsp3) is 0.167. The normalized spacial score (nSPS) is 10.3. The molecule has 0 spiro atoms. The number of hydrogen-bond acceptors (Lipinski definition) is 3. The van der Waals surface area contributed by atoms with Gasteiger partial charge in [-0.05, 0) is 46.9 Å². The second-order valence-electron chi connectivity index (χ2n) is 4.92. The van der Waals surface area contributed by atoms with Gasteiger partial charge in [0.2, 0.25) is 0 Å². The number of esters is 1. The quantitative estimate of drug-likeness (QED) is 0.679. The Labute approximate surface area is 128 Å². The first kappa shape index (κ1) is 15.9. The van der Waals surface area contributed by atoms with Crippen LogP contribution in [0.2, 0.25) is 0 Å². The van der Waals surface area contributed by atoms with Crippen molar-refractivity contribution in [1.29, 1.82) is 0 Å². The van der Waals surface area contributed by atoms with Crippen LogP contribution >= 0.6 is 0 Å². The van der Waals surface area contributed by atoms with Gasteiger partial charge in [-0.25, -0.2) is 9.18 Å². The molecule has 0 aliphatic carbocycles. The molecule has 2 aromatic rings. The lowest BCUT2D eigenvalue weighted by molar-refractivity contribution is -0.139. The summed E-state index contributed by atoms with van der Waals surface area (Å²) in [4.78, 5) is 11.2. The summed E-state index contributed by atoms with van der Waals surface area (Å²) in [6.07, 6.45) is 1.08. The lowest BCUT2D eigenvalue weighted by Gasteiger charge is -2.11. The third-order valence-corrected chi connectivity index (χ3v) is 3.42. The van der Waals surface area contributed by atoms with Gasteiger partial charge in [0.15, 0.2) is 0 Å². The first-order valence-corrected chi connectivity index (χ1v) is 6.83. The Morgan fingerprint density at radius 3 is 2.55 bits per heavy atom. The van der Waals surface area contributed by atoms with Gasteiger partial charge in [0.05, 0.1) is 6.61 Å². The van der Waals surface area contributed by atoms with E-state index in [-0.39, 0.29) is 19.0 Å². The van der Waals surface area contributed by atoms with E-state index in [4.69, 9.17) is 4.74 Å². The summed E-state index contributed by atoms with van der Waals surface area (Å²) in [7, 11) is 0. The predicted octanol–water partition coefficient (Wildman–Crippen LogP) is 3.52. The van der Waals surface area contributed by atoms with E-state index in [2.05, 4.69) is 6.58 Å². The highest BCUT2D eigenvalue weighted by Crippen LogP contribution is 2.25. The van der Waals surface area contributed by atoms with Crippen LogP contribution in [-0.2, 0) is 22.7 Å². The molecule has 2 aromatic carbocycles. The molecule has 0 saturated carbocycles. The van der Waals surface area contributed by atoms with Gasteiger partial charge >= 0.3 is 5.97 Å². The summed E-state index contributed by atoms with van der Waals surface area (Å²) < 4.78 is 18.7. The number of hydrogen-bond donors (Lipinski definition) is 1. The Hall–Kier alpha value is -2.46. The average Bonchev–Trinajstić information content (AvgIpc) is 2.54. The number of aliphatic hydroxyl groups excluding tert-OH is 1. The van der Waals surface area contributed by atoms with Crippen molar-refractivity contribution in [2.75, 3.05) is 0 Å². The number of halogens is 1. The molecule has 0 aliphatic rings. The minimum Gasteiger partial charge on any atom is -0.458 e. The Balaban J connectivity index is 2.35. The van der Waals surface area contributed by atoms with Crippen LogP contribution in [0.25, 0.3) is 11.1 Å². The second-order valence-corrected chi connectivity index (χ2v) is 4.92. The summed E-state index contributed by atoms with van der Waals surface area (Å²) in [6, 6.07) is 10.3. The van der Waals surface area contributed by atoms with Crippen LogP contribution in [0.1, 0.15) is 16.7 Å². The van der Waals surface area contributed by atoms with Crippen molar-refractivity contribution in [3.8, 4) is 11.1 Å². The van der Waals surface area contributed by atoms with Gasteiger partial charge in [0, 0.05) is 6.08 Å². The Kier molecular flexibility index (Phi) is 5.07. The molecule has 0 amide bonds. The van der Waals surface area contributed by atoms with Crippen molar-refractivity contribution >= 4 is 5.97 Å². The van der Waals surface area contributed by atoms with Gasteiger partial charge in [-0.2, -0.15) is 0 Å². The fourth-order valence-corrected chi connectivity index (χ4v) is 2.07. The van der Waals surface area contributed by atoms with Gasteiger partial charge in [-0.15, -0.1) is 0 Å². The molecule has 4 heteroatoms. The molecule has 114 valence electrons. The summed E-state index contributed by atoms with van der Waals surface area (Å²) >= 11 is 0. The zero-order chi connectivity index (χ0) is 16.1. The van der Waals surface area contributed by atoms with E-state index in [1.807, 2.05) is 6.07 Å². The van der Waals surface area contributed by atoms with Crippen LogP contribution in [-0.4, -0.2) is 11.1 Å². The van der Waals surface area contributed by atoms with Crippen molar-refractivity contribution in [3.63, 3.8) is 0 Å². The van der Waals surface area contributed by atoms with E-state index < -0.39 is 5.97 Å². The van der Waals surface area contributed by atoms with Crippen LogP contribution < -0.4 is 0 Å². The van der Waals surface area contributed by atoms with E-state index in [0.717, 1.165) is 17.2 Å². The molecule has 0 unspecified atom stereocenters. The van der Waals surface area contributed by atoms with Crippen LogP contribution in [0, 0.1) is 12.7 Å². The highest BCUT2D eigenvalue weighted by atomic mass is 19.1. The van der Waals surface area contributed by atoms with E-state index >= 15 is 0 Å². The number of aliphatic hydroxyl groups is 1. The minimum atomic E-state index is -0.532. The van der Waals surface area contributed by atoms with Gasteiger partial charge in [-0.3, -0.25) is 0 Å². The maximum absolute atomic E-state index is 13.7. The number of carbonyl (C=O) groups excluding carboxylic acids is 1. The highest BCUT2D eigenvalue weighted by molar-refractivity contribution is 5.81. The molecule has 0 aromatic heterocycles. The lowest BCUT2D eigenvalue weighted by atomic mass is 9.99. The number of benzene rings is 2. The zero-order valence-electron chi connectivity index (χ0n) is 12.3. The molecule has 0 fully saturated rings. The molecule has 0 atom stereocenters. The predicted molar refractivity (Wildman–Crippen MR) is 82.5 cm³/mol. The second kappa shape index (κ2) is 7.00. The number of aryl methyl sites for hydroxylation is 1. The average molecular weight is 300 g/mol. The largest absolute Gasteiger partial charge is 0.458 e. The van der Waals surface area contributed by atoms with Gasteiger partial charge in [-0.1, -0.05) is 30.8 Å². The maximum atomic E-state index is 13.7. The van der Waals surface area contributed by atoms with Gasteiger partial charge in [0.25, 0.3) is 0 Å². The summed E-state index contributed by atoms with van der Waals surface area (Å²) in [5.41, 5.74) is 3.44. The molecule has 2 rings (SSSR count). The first-order valence-electron chi connectivity index (χ1n) is 6.83. The molecular weight excluding hydrogens is 283 g/mol. The summed E-state index contributed by atoms with van der Waals surface area (Å²) in [5, 5.41) is 9.36. The standard InChI is InChI=1S/C18H17FO3/c1-3-18(21)22-11-16-8-13(6-7-15(16)10-20)14-5-4-12(2)17(19)9-14/h3-9,20H,1,10-11H2,2H3. The van der Waals surface area contributed by atoms with Crippen LogP contribution in [0.15, 0.2) is 49.1 Å². The van der Waals surface area contributed by atoms with Crippen LogP contribution in [0.5, 0.6) is 0 Å². The van der Waals surface area contributed by atoms with Crippen molar-refractivity contribution < 1.29 is 19.0 Å². The molecular formula is C18H17FO3. The van der Waals surface area contributed by atoms with E-state index in [9.17, 15) is 14.3 Å². The smallest absolute Gasteiger partial charge is 0.330 e. The van der Waals surface area contributed by atoms with E-state index in [1.54, 1.807) is 31.2 Å². The topological polar surface area (TPSA) is 46.5 Å². The van der Waals surface area contributed by atoms with Crippen molar-refractivity contribution in [1.82, 2.24) is 0 Å². The van der Waals surface area contributed by atoms with Gasteiger partial charge < -0.3 is 9.84 Å². The molecule has 0 radical (unpaired) electrons. The van der Waals surface area contributed by atoms with Crippen molar-refractivity contribution in [2.45, 2.75) is 20.1 Å². The molecule has 0 saturated heterocycles. The molecule has 0 bridgehead atoms. The lowest BCUT2D eigenvalue weighted by Crippen LogP contribution is -2.03. The number of ether oxygens (including phenoxy) is 1. The Morgan fingerprint density at radius 1 is 1.23 bits per heavy atom. The fourth-order valence-electron chi connectivity index (χ4n) is 2.07. The number of carbonyl (C=O) groups is 1. The number of rotatable bonds is 5. The molecule has 0 aliphatic heterocycles. The van der Waals surface area contributed by atoms with Crippen molar-refractivity contribution in [2.24, 2.45) is 0 Å². The van der Waals surface area contributed by atoms with Gasteiger partial charge in [0.1, 0.15) is 12.4 Å². The van der Waals surface area contributed by atoms with Crippen molar-refractivity contribution in [3.05, 3.63) is 71.6 Å². The first-order chi connectivity index (χ1) is 10.5. The zero-order valence-corrected chi connectivity index (χ0v) is 12.3. The van der Waals surface area contributed by atoms with Crippen LogP contribution in [0.4, 0.5) is 4.39 Å². The SMILES string of the molecule is C=CC(=O)OCc1cc(-c2ccc(C)c(F)c2)ccc1CO. The summed E-state index contributed by atoms with van der Waals surface area (Å²) in [5.74, 6) is -0.806. The Morgan fingerprint density at radius 2 is 1.91 bits per heavy atom. The monoisotopic (exact) mass is 300 g/mol. The maximum Gasteiger partial charge on any atom is 0.330 e. The minimum absolute atomic E-state index is 0.0307. The molecule has 1 N–H and O–H groups in total. The third-order valence-electron chi connectivity index (χ3n) is 3.42. The molecule has 3 nitrogen and oxygen atoms in total. The molecule has 0 heterocycles. The summed E-state index contributed by atoms with van der Waals surface area (Å²) in [6.45, 7) is 4.90. The van der Waals surface area contributed by atoms with E-state index in [0.29, 0.717) is 16.7 Å². The molecule has 22 heavy (non-hydrogen) atoms.